The van der Waals surface area contributed by atoms with Gasteiger partial charge in [-0.2, -0.15) is 0 Å². The highest BCUT2D eigenvalue weighted by molar-refractivity contribution is 6.31. The summed E-state index contributed by atoms with van der Waals surface area (Å²) in [5.41, 5.74) is 2.98. The van der Waals surface area contributed by atoms with Crippen molar-refractivity contribution < 1.29 is 4.39 Å². The van der Waals surface area contributed by atoms with Crippen LogP contribution in [0, 0.1) is 12.7 Å². The first kappa shape index (κ1) is 16.2. The van der Waals surface area contributed by atoms with E-state index in [1.54, 1.807) is 6.07 Å². The molecular formula is C18H15ClFN3O. The topological polar surface area (TPSA) is 57.8 Å². The lowest BCUT2D eigenvalue weighted by Gasteiger charge is -2.09. The first-order valence-electron chi connectivity index (χ1n) is 7.37. The summed E-state index contributed by atoms with van der Waals surface area (Å²) in [4.78, 5) is 18.9. The normalized spacial score (nSPS) is 10.6. The van der Waals surface area contributed by atoms with Crippen LogP contribution in [-0.4, -0.2) is 9.97 Å². The van der Waals surface area contributed by atoms with Crippen LogP contribution in [0.1, 0.15) is 11.1 Å². The van der Waals surface area contributed by atoms with Crippen LogP contribution in [0.4, 0.5) is 10.3 Å². The molecule has 0 unspecified atom stereocenters. The molecule has 0 amide bonds. The molecule has 0 radical (unpaired) electrons. The number of nitrogens with one attached hydrogen (secondary N) is 2. The highest BCUT2D eigenvalue weighted by Crippen LogP contribution is 2.20. The second-order valence-corrected chi connectivity index (χ2v) is 5.85. The first-order valence-corrected chi connectivity index (χ1v) is 7.75. The molecule has 0 fully saturated rings. The summed E-state index contributed by atoms with van der Waals surface area (Å²) in [5, 5.41) is 3.33. The maximum atomic E-state index is 13.1. The smallest absolute Gasteiger partial charge is 0.252 e. The van der Waals surface area contributed by atoms with Gasteiger partial charge in [0.15, 0.2) is 0 Å². The molecule has 2 N–H and O–H groups in total. The van der Waals surface area contributed by atoms with E-state index in [1.165, 1.54) is 18.2 Å². The second-order valence-electron chi connectivity index (χ2n) is 5.44. The van der Waals surface area contributed by atoms with Crippen molar-refractivity contribution in [1.29, 1.82) is 0 Å². The van der Waals surface area contributed by atoms with Gasteiger partial charge in [-0.15, -0.1) is 0 Å². The van der Waals surface area contributed by atoms with Gasteiger partial charge in [0.25, 0.3) is 5.56 Å². The average Bonchev–Trinajstić information content (AvgIpc) is 2.53. The number of aryl methyl sites for hydroxylation is 1. The van der Waals surface area contributed by atoms with Crippen molar-refractivity contribution in [3.8, 4) is 11.3 Å². The minimum atomic E-state index is -0.392. The monoisotopic (exact) mass is 343 g/mol. The highest BCUT2D eigenvalue weighted by atomic mass is 35.5. The zero-order valence-electron chi connectivity index (χ0n) is 12.9. The molecule has 0 saturated carbocycles. The standard InChI is InChI=1S/C18H15ClFN3O/c1-11-3-2-4-12(7-11)16-9-17(24)23-18(22-16)21-10-13-5-6-14(20)8-15(13)19/h2-9H,10H2,1H3,(H2,21,22,23,24). The number of H-pyrrole nitrogens is 1. The molecule has 3 rings (SSSR count). The highest BCUT2D eigenvalue weighted by Gasteiger charge is 2.06. The van der Waals surface area contributed by atoms with Gasteiger partial charge < -0.3 is 5.32 Å². The van der Waals surface area contributed by atoms with Crippen molar-refractivity contribution in [2.24, 2.45) is 0 Å². The summed E-state index contributed by atoms with van der Waals surface area (Å²) < 4.78 is 13.1. The Morgan fingerprint density at radius 2 is 2.04 bits per heavy atom. The molecule has 3 aromatic rings. The lowest BCUT2D eigenvalue weighted by molar-refractivity contribution is 0.627. The Balaban J connectivity index is 1.85. The Kier molecular flexibility index (Phi) is 4.62. The Morgan fingerprint density at radius 3 is 2.79 bits per heavy atom. The van der Waals surface area contributed by atoms with Gasteiger partial charge in [-0.1, -0.05) is 41.4 Å². The maximum Gasteiger partial charge on any atom is 0.252 e. The zero-order chi connectivity index (χ0) is 17.1. The van der Waals surface area contributed by atoms with Crippen molar-refractivity contribution in [2.75, 3.05) is 5.32 Å². The fourth-order valence-electron chi connectivity index (χ4n) is 2.34. The average molecular weight is 344 g/mol. The van der Waals surface area contributed by atoms with Gasteiger partial charge in [-0.25, -0.2) is 9.37 Å². The molecule has 0 aliphatic rings. The van der Waals surface area contributed by atoms with E-state index in [2.05, 4.69) is 15.3 Å². The Labute approximate surface area is 143 Å². The van der Waals surface area contributed by atoms with Crippen LogP contribution in [-0.2, 0) is 6.54 Å². The quantitative estimate of drug-likeness (QED) is 0.748. The molecule has 0 aliphatic heterocycles. The van der Waals surface area contributed by atoms with Gasteiger partial charge in [0.05, 0.1) is 5.69 Å². The lowest BCUT2D eigenvalue weighted by atomic mass is 10.1. The van der Waals surface area contributed by atoms with Crippen LogP contribution in [0.2, 0.25) is 5.02 Å². The zero-order valence-corrected chi connectivity index (χ0v) is 13.7. The predicted octanol–water partition coefficient (Wildman–Crippen LogP) is 4.15. The van der Waals surface area contributed by atoms with Crippen LogP contribution in [0.5, 0.6) is 0 Å². The summed E-state index contributed by atoms with van der Waals surface area (Å²) in [5.74, 6) is -0.0591. The number of nitrogens with zero attached hydrogens (tertiary/aromatic N) is 1. The fraction of sp³-hybridized carbons (Fsp3) is 0.111. The second kappa shape index (κ2) is 6.84. The van der Waals surface area contributed by atoms with E-state index in [4.69, 9.17) is 11.6 Å². The van der Waals surface area contributed by atoms with Gasteiger partial charge in [-0.3, -0.25) is 9.78 Å². The molecule has 1 aromatic heterocycles. The molecule has 24 heavy (non-hydrogen) atoms. The van der Waals surface area contributed by atoms with E-state index < -0.39 is 5.82 Å². The van der Waals surface area contributed by atoms with Crippen LogP contribution >= 0.6 is 11.6 Å². The molecule has 4 nitrogen and oxygen atoms in total. The van der Waals surface area contributed by atoms with E-state index >= 15 is 0 Å². The molecule has 0 bridgehead atoms. The van der Waals surface area contributed by atoms with Gasteiger partial charge in [0.1, 0.15) is 5.82 Å². The van der Waals surface area contributed by atoms with Crippen LogP contribution < -0.4 is 10.9 Å². The number of aromatic nitrogens is 2. The molecule has 2 aromatic carbocycles. The van der Waals surface area contributed by atoms with Crippen LogP contribution in [0.25, 0.3) is 11.3 Å². The van der Waals surface area contributed by atoms with Crippen molar-refractivity contribution >= 4 is 17.5 Å². The Bertz CT molecular complexity index is 940. The number of hydrogen-bond donors (Lipinski definition) is 2. The first-order chi connectivity index (χ1) is 11.5. The van der Waals surface area contributed by atoms with Gasteiger partial charge in [0.2, 0.25) is 5.95 Å². The number of aromatic amines is 1. The summed E-state index contributed by atoms with van der Waals surface area (Å²) in [6, 6.07) is 13.4. The van der Waals surface area contributed by atoms with E-state index in [0.717, 1.165) is 11.1 Å². The Morgan fingerprint density at radius 1 is 1.21 bits per heavy atom. The molecule has 0 saturated heterocycles. The lowest BCUT2D eigenvalue weighted by Crippen LogP contribution is -2.13. The predicted molar refractivity (Wildman–Crippen MR) is 93.8 cm³/mol. The number of benzene rings is 2. The maximum absolute atomic E-state index is 13.1. The SMILES string of the molecule is Cc1cccc(-c2cc(=O)[nH]c(NCc3ccc(F)cc3Cl)n2)c1. The summed E-state index contributed by atoms with van der Waals surface area (Å²) >= 11 is 6.00. The third-order valence-corrected chi connectivity index (χ3v) is 3.87. The molecule has 6 heteroatoms. The summed E-state index contributed by atoms with van der Waals surface area (Å²) in [7, 11) is 0. The Hall–Kier alpha value is -2.66. The minimum Gasteiger partial charge on any atom is -0.352 e. The summed E-state index contributed by atoms with van der Waals surface area (Å²) in [6.07, 6.45) is 0. The van der Waals surface area contributed by atoms with E-state index in [0.29, 0.717) is 28.8 Å². The third-order valence-electron chi connectivity index (χ3n) is 3.52. The van der Waals surface area contributed by atoms with Crippen LogP contribution in [0.15, 0.2) is 53.3 Å². The van der Waals surface area contributed by atoms with Gasteiger partial charge in [-0.05, 0) is 30.7 Å². The molecule has 0 spiro atoms. The number of halogens is 2. The van der Waals surface area contributed by atoms with Crippen molar-refractivity contribution in [2.45, 2.75) is 13.5 Å². The molecule has 0 atom stereocenters. The molecule has 0 aliphatic carbocycles. The largest absolute Gasteiger partial charge is 0.352 e. The van der Waals surface area contributed by atoms with E-state index in [9.17, 15) is 9.18 Å². The fourth-order valence-corrected chi connectivity index (χ4v) is 2.57. The van der Waals surface area contributed by atoms with E-state index in [-0.39, 0.29) is 5.56 Å². The van der Waals surface area contributed by atoms with Crippen molar-refractivity contribution in [3.63, 3.8) is 0 Å². The van der Waals surface area contributed by atoms with Crippen molar-refractivity contribution in [3.05, 3.63) is 80.9 Å². The minimum absolute atomic E-state index is 0.255. The number of anilines is 1. The third kappa shape index (κ3) is 3.81. The molecule has 122 valence electrons. The van der Waals surface area contributed by atoms with Crippen molar-refractivity contribution in [1.82, 2.24) is 9.97 Å². The number of hydrogen-bond acceptors (Lipinski definition) is 3. The van der Waals surface area contributed by atoms with Gasteiger partial charge >= 0.3 is 0 Å². The number of rotatable bonds is 4. The summed E-state index contributed by atoms with van der Waals surface area (Å²) in [6.45, 7) is 2.30. The van der Waals surface area contributed by atoms with E-state index in [1.807, 2.05) is 31.2 Å². The molecular weight excluding hydrogens is 329 g/mol. The van der Waals surface area contributed by atoms with Gasteiger partial charge in [0, 0.05) is 23.2 Å². The van der Waals surface area contributed by atoms with Crippen LogP contribution in [0.3, 0.4) is 0 Å². The molecule has 1 heterocycles.